The normalized spacial score (nSPS) is 11.3. The van der Waals surface area contributed by atoms with Gasteiger partial charge < -0.3 is 15.2 Å². The maximum absolute atomic E-state index is 12.5. The number of carbonyl (C=O) groups is 1. The van der Waals surface area contributed by atoms with Gasteiger partial charge in [0.15, 0.2) is 0 Å². The highest BCUT2D eigenvalue weighted by molar-refractivity contribution is 7.92. The Morgan fingerprint density at radius 2 is 1.85 bits per heavy atom. The number of aromatic hydroxyl groups is 1. The van der Waals surface area contributed by atoms with Crippen molar-refractivity contribution in [3.63, 3.8) is 0 Å². The molecule has 2 aromatic carbocycles. The van der Waals surface area contributed by atoms with E-state index in [1.54, 1.807) is 18.2 Å². The van der Waals surface area contributed by atoms with Gasteiger partial charge in [-0.1, -0.05) is 19.9 Å². The van der Waals surface area contributed by atoms with E-state index in [4.69, 9.17) is 4.74 Å². The van der Waals surface area contributed by atoms with E-state index < -0.39 is 15.9 Å². The number of ether oxygens (including phenoxy) is 1. The Morgan fingerprint density at radius 1 is 1.15 bits per heavy atom. The predicted molar refractivity (Wildman–Crippen MR) is 102 cm³/mol. The van der Waals surface area contributed by atoms with E-state index in [1.165, 1.54) is 25.3 Å². The number of amides is 1. The number of nitrogens with one attached hydrogen (secondary N) is 2. The van der Waals surface area contributed by atoms with Crippen molar-refractivity contribution < 1.29 is 23.1 Å². The van der Waals surface area contributed by atoms with Crippen LogP contribution in [0, 0.1) is 0 Å². The number of hydrogen-bond acceptors (Lipinski definition) is 5. The number of carbonyl (C=O) groups excluding carboxylic acids is 1. The van der Waals surface area contributed by atoms with E-state index in [0.29, 0.717) is 11.4 Å². The van der Waals surface area contributed by atoms with E-state index in [2.05, 4.69) is 10.0 Å². The summed E-state index contributed by atoms with van der Waals surface area (Å²) in [6, 6.07) is 9.43. The topological polar surface area (TPSA) is 105 Å². The summed E-state index contributed by atoms with van der Waals surface area (Å²) in [6.45, 7) is 3.97. The minimum atomic E-state index is -3.51. The van der Waals surface area contributed by atoms with Crippen molar-refractivity contribution in [3.05, 3.63) is 47.5 Å². The van der Waals surface area contributed by atoms with Crippen molar-refractivity contribution in [1.29, 1.82) is 0 Å². The Kier molecular flexibility index (Phi) is 5.76. The Labute approximate surface area is 153 Å². The average Bonchev–Trinajstić information content (AvgIpc) is 2.53. The smallest absolute Gasteiger partial charge is 0.259 e. The molecule has 1 amide bonds. The first kappa shape index (κ1) is 19.6. The summed E-state index contributed by atoms with van der Waals surface area (Å²) < 4.78 is 30.4. The molecule has 0 aliphatic carbocycles. The zero-order valence-corrected chi connectivity index (χ0v) is 15.8. The van der Waals surface area contributed by atoms with Crippen molar-refractivity contribution in [3.8, 4) is 11.5 Å². The molecule has 0 fully saturated rings. The number of anilines is 2. The zero-order chi connectivity index (χ0) is 19.5. The van der Waals surface area contributed by atoms with Crippen molar-refractivity contribution >= 4 is 27.3 Å². The number of sulfonamides is 1. The molecule has 0 saturated heterocycles. The van der Waals surface area contributed by atoms with Crippen LogP contribution in [0.2, 0.25) is 0 Å². The molecule has 2 rings (SSSR count). The molecule has 3 N–H and O–H groups in total. The number of rotatable bonds is 6. The van der Waals surface area contributed by atoms with Gasteiger partial charge in [0.25, 0.3) is 5.91 Å². The van der Waals surface area contributed by atoms with E-state index in [-0.39, 0.29) is 22.9 Å². The summed E-state index contributed by atoms with van der Waals surface area (Å²) in [5, 5.41) is 12.6. The molecule has 0 saturated carbocycles. The lowest BCUT2D eigenvalue weighted by atomic mass is 10.00. The van der Waals surface area contributed by atoms with Gasteiger partial charge in [-0.2, -0.15) is 0 Å². The highest BCUT2D eigenvalue weighted by atomic mass is 32.2. The molecule has 0 atom stereocenters. The van der Waals surface area contributed by atoms with E-state index in [1.807, 2.05) is 13.8 Å². The molecule has 7 nitrogen and oxygen atoms in total. The lowest BCUT2D eigenvalue weighted by Crippen LogP contribution is -2.14. The van der Waals surface area contributed by atoms with Gasteiger partial charge >= 0.3 is 0 Å². The van der Waals surface area contributed by atoms with Crippen LogP contribution in [0.5, 0.6) is 11.5 Å². The van der Waals surface area contributed by atoms with E-state index >= 15 is 0 Å². The molecule has 0 bridgehead atoms. The third-order valence-electron chi connectivity index (χ3n) is 3.68. The fraction of sp³-hybridized carbons (Fsp3) is 0.278. The Balaban J connectivity index is 2.32. The molecule has 0 heterocycles. The largest absolute Gasteiger partial charge is 0.507 e. The number of phenols is 1. The predicted octanol–water partition coefficient (Wildman–Crippen LogP) is 3.15. The van der Waals surface area contributed by atoms with Gasteiger partial charge in [0.1, 0.15) is 11.5 Å². The van der Waals surface area contributed by atoms with Crippen LogP contribution in [-0.2, 0) is 10.0 Å². The Bertz CT molecular complexity index is 923. The molecule has 0 unspecified atom stereocenters. The summed E-state index contributed by atoms with van der Waals surface area (Å²) in [4.78, 5) is 12.5. The van der Waals surface area contributed by atoms with Crippen LogP contribution in [0.4, 0.5) is 11.4 Å². The van der Waals surface area contributed by atoms with Crippen LogP contribution in [0.3, 0.4) is 0 Å². The van der Waals surface area contributed by atoms with Crippen LogP contribution in [-0.4, -0.2) is 32.8 Å². The molecular weight excluding hydrogens is 356 g/mol. The summed E-state index contributed by atoms with van der Waals surface area (Å²) in [5.74, 6) is -0.109. The van der Waals surface area contributed by atoms with Crippen LogP contribution in [0.1, 0.15) is 35.7 Å². The number of methoxy groups -OCH3 is 1. The third-order valence-corrected chi connectivity index (χ3v) is 4.28. The highest BCUT2D eigenvalue weighted by Gasteiger charge is 2.15. The molecule has 0 aromatic heterocycles. The molecule has 26 heavy (non-hydrogen) atoms. The first-order valence-electron chi connectivity index (χ1n) is 7.91. The first-order valence-corrected chi connectivity index (χ1v) is 9.80. The third kappa shape index (κ3) is 4.89. The molecule has 0 aliphatic rings. The lowest BCUT2D eigenvalue weighted by molar-refractivity contribution is 0.102. The maximum Gasteiger partial charge on any atom is 0.259 e. The minimum Gasteiger partial charge on any atom is -0.507 e. The molecule has 8 heteroatoms. The van der Waals surface area contributed by atoms with E-state index in [0.717, 1.165) is 11.8 Å². The first-order chi connectivity index (χ1) is 12.1. The van der Waals surface area contributed by atoms with E-state index in [9.17, 15) is 18.3 Å². The van der Waals surface area contributed by atoms with Crippen LogP contribution in [0.25, 0.3) is 0 Å². The second-order valence-corrected chi connectivity index (χ2v) is 7.92. The molecular formula is C18H22N2O5S. The minimum absolute atomic E-state index is 0.130. The van der Waals surface area contributed by atoms with Gasteiger partial charge in [-0.3, -0.25) is 9.52 Å². The van der Waals surface area contributed by atoms with Gasteiger partial charge in [0.05, 0.1) is 24.6 Å². The van der Waals surface area contributed by atoms with Gasteiger partial charge in [0, 0.05) is 5.69 Å². The Hall–Kier alpha value is -2.74. The van der Waals surface area contributed by atoms with Crippen molar-refractivity contribution in [2.75, 3.05) is 23.4 Å². The van der Waals surface area contributed by atoms with Gasteiger partial charge in [-0.15, -0.1) is 0 Å². The standard InChI is InChI=1S/C18H22N2O5S/c1-11(2)12-5-7-16(21)14(9-12)18(22)19-13-6-8-17(25-3)15(10-13)20-26(4,23)24/h5-11,20-21H,1-4H3,(H,19,22). The molecule has 2 aromatic rings. The van der Waals surface area contributed by atoms with Crippen LogP contribution in [0.15, 0.2) is 36.4 Å². The van der Waals surface area contributed by atoms with Gasteiger partial charge in [-0.05, 0) is 41.8 Å². The second-order valence-electron chi connectivity index (χ2n) is 6.17. The van der Waals surface area contributed by atoms with Gasteiger partial charge in [0.2, 0.25) is 10.0 Å². The number of hydrogen-bond donors (Lipinski definition) is 3. The summed E-state index contributed by atoms with van der Waals surface area (Å²) in [7, 11) is -2.10. The fourth-order valence-electron chi connectivity index (χ4n) is 2.36. The summed E-state index contributed by atoms with van der Waals surface area (Å²) in [6.07, 6.45) is 1.02. The summed E-state index contributed by atoms with van der Waals surface area (Å²) >= 11 is 0. The van der Waals surface area contributed by atoms with Crippen LogP contribution >= 0.6 is 0 Å². The molecule has 0 aliphatic heterocycles. The average molecular weight is 378 g/mol. The molecule has 0 spiro atoms. The highest BCUT2D eigenvalue weighted by Crippen LogP contribution is 2.30. The monoisotopic (exact) mass is 378 g/mol. The zero-order valence-electron chi connectivity index (χ0n) is 15.0. The Morgan fingerprint density at radius 3 is 2.42 bits per heavy atom. The van der Waals surface area contributed by atoms with Gasteiger partial charge in [-0.25, -0.2) is 8.42 Å². The SMILES string of the molecule is COc1ccc(NC(=O)c2cc(C(C)C)ccc2O)cc1NS(C)(=O)=O. The fourth-order valence-corrected chi connectivity index (χ4v) is 2.92. The molecule has 0 radical (unpaired) electrons. The second kappa shape index (κ2) is 7.65. The maximum atomic E-state index is 12.5. The van der Waals surface area contributed by atoms with Crippen molar-refractivity contribution in [1.82, 2.24) is 0 Å². The summed E-state index contributed by atoms with van der Waals surface area (Å²) in [5.41, 5.74) is 1.62. The van der Waals surface area contributed by atoms with Crippen LogP contribution < -0.4 is 14.8 Å². The number of phenolic OH excluding ortho intramolecular Hbond substituents is 1. The number of benzene rings is 2. The molecule has 140 valence electrons. The van der Waals surface area contributed by atoms with Crippen molar-refractivity contribution in [2.24, 2.45) is 0 Å². The lowest BCUT2D eigenvalue weighted by Gasteiger charge is -2.13. The quantitative estimate of drug-likeness (QED) is 0.716. The van der Waals surface area contributed by atoms with Crippen molar-refractivity contribution in [2.45, 2.75) is 19.8 Å².